The lowest BCUT2D eigenvalue weighted by Crippen LogP contribution is -2.16. The number of aliphatic hydroxyl groups excluding tert-OH is 1. The monoisotopic (exact) mass is 202 g/mol. The van der Waals surface area contributed by atoms with Crippen LogP contribution < -0.4 is 0 Å². The van der Waals surface area contributed by atoms with Gasteiger partial charge in [0.25, 0.3) is 0 Å². The van der Waals surface area contributed by atoms with Crippen LogP contribution in [0.25, 0.3) is 0 Å². The summed E-state index contributed by atoms with van der Waals surface area (Å²) in [4.78, 5) is 0. The highest BCUT2D eigenvalue weighted by atomic mass is 16.3. The summed E-state index contributed by atoms with van der Waals surface area (Å²) >= 11 is 0. The maximum atomic E-state index is 10.2. The molecule has 0 unspecified atom stereocenters. The van der Waals surface area contributed by atoms with E-state index in [0.29, 0.717) is 5.92 Å². The van der Waals surface area contributed by atoms with Gasteiger partial charge in [0.1, 0.15) is 0 Å². The molecule has 0 spiro atoms. The van der Waals surface area contributed by atoms with Crippen LogP contribution in [0.15, 0.2) is 42.5 Å². The highest BCUT2D eigenvalue weighted by Gasteiger charge is 2.22. The smallest absolute Gasteiger partial charge is 0.0852 e. The van der Waals surface area contributed by atoms with Crippen LogP contribution >= 0.6 is 0 Å². The molecule has 0 aromatic heterocycles. The molecule has 1 aliphatic carbocycles. The zero-order valence-corrected chi connectivity index (χ0v) is 9.13. The molecule has 0 aliphatic heterocycles. The molecule has 1 nitrogen and oxygen atoms in total. The average Bonchev–Trinajstić information content (AvgIpc) is 2.29. The van der Waals surface area contributed by atoms with Crippen LogP contribution in [-0.4, -0.2) is 5.11 Å². The van der Waals surface area contributed by atoms with Crippen LogP contribution in [0.1, 0.15) is 31.4 Å². The number of aliphatic hydroxyl groups is 1. The van der Waals surface area contributed by atoms with Crippen LogP contribution in [0, 0.1) is 11.8 Å². The molecule has 2 rings (SSSR count). The molecule has 80 valence electrons. The van der Waals surface area contributed by atoms with Crippen LogP contribution in [0.5, 0.6) is 0 Å². The molecule has 1 aliphatic rings. The van der Waals surface area contributed by atoms with E-state index in [9.17, 15) is 5.11 Å². The fraction of sp³-hybridized carbons (Fsp3) is 0.429. The average molecular weight is 202 g/mol. The topological polar surface area (TPSA) is 20.2 Å². The highest BCUT2D eigenvalue weighted by Crippen LogP contribution is 2.32. The van der Waals surface area contributed by atoms with Crippen LogP contribution in [-0.2, 0) is 0 Å². The molecule has 15 heavy (non-hydrogen) atoms. The Bertz CT molecular complexity index is 328. The molecular weight excluding hydrogens is 184 g/mol. The second kappa shape index (κ2) is 4.63. The molecule has 0 bridgehead atoms. The van der Waals surface area contributed by atoms with Gasteiger partial charge in [-0.3, -0.25) is 0 Å². The zero-order valence-electron chi connectivity index (χ0n) is 9.13. The van der Waals surface area contributed by atoms with E-state index in [1.807, 2.05) is 30.3 Å². The lowest BCUT2D eigenvalue weighted by Gasteiger charge is -2.26. The number of benzene rings is 1. The van der Waals surface area contributed by atoms with Crippen molar-refractivity contribution in [2.75, 3.05) is 0 Å². The number of hydrogen-bond acceptors (Lipinski definition) is 1. The first-order valence-electron chi connectivity index (χ1n) is 5.67. The minimum Gasteiger partial charge on any atom is -0.388 e. The summed E-state index contributed by atoms with van der Waals surface area (Å²) in [5.41, 5.74) is 1.03. The second-order valence-electron chi connectivity index (χ2n) is 4.52. The van der Waals surface area contributed by atoms with Gasteiger partial charge in [0, 0.05) is 5.92 Å². The molecule has 0 heterocycles. The largest absolute Gasteiger partial charge is 0.388 e. The van der Waals surface area contributed by atoms with Crippen molar-refractivity contribution in [1.29, 1.82) is 0 Å². The van der Waals surface area contributed by atoms with Gasteiger partial charge in [-0.2, -0.15) is 0 Å². The summed E-state index contributed by atoms with van der Waals surface area (Å²) in [6.07, 6.45) is 6.26. The van der Waals surface area contributed by atoms with Crippen LogP contribution in [0.4, 0.5) is 0 Å². The summed E-state index contributed by atoms with van der Waals surface area (Å²) in [5, 5.41) is 10.2. The zero-order chi connectivity index (χ0) is 10.7. The quantitative estimate of drug-likeness (QED) is 0.729. The fourth-order valence-corrected chi connectivity index (χ4v) is 2.26. The van der Waals surface area contributed by atoms with Crippen molar-refractivity contribution in [1.82, 2.24) is 0 Å². The van der Waals surface area contributed by atoms with Crippen molar-refractivity contribution in [2.24, 2.45) is 11.8 Å². The molecule has 0 radical (unpaired) electrons. The van der Waals surface area contributed by atoms with Gasteiger partial charge in [-0.1, -0.05) is 49.4 Å². The third-order valence-electron chi connectivity index (χ3n) is 3.14. The van der Waals surface area contributed by atoms with E-state index < -0.39 is 0 Å². The maximum absolute atomic E-state index is 10.2. The predicted molar refractivity (Wildman–Crippen MR) is 62.4 cm³/mol. The Balaban J connectivity index is 2.11. The van der Waals surface area contributed by atoms with E-state index >= 15 is 0 Å². The third-order valence-corrected chi connectivity index (χ3v) is 3.14. The lowest BCUT2D eigenvalue weighted by molar-refractivity contribution is 0.115. The van der Waals surface area contributed by atoms with Gasteiger partial charge in [0.15, 0.2) is 0 Å². The summed E-state index contributed by atoms with van der Waals surface area (Å²) in [5.74, 6) is 0.981. The molecule has 3 atom stereocenters. The molecular formula is C14H18O. The molecule has 0 saturated carbocycles. The van der Waals surface area contributed by atoms with Crippen molar-refractivity contribution < 1.29 is 5.11 Å². The number of allylic oxidation sites excluding steroid dienone is 1. The molecule has 0 fully saturated rings. The van der Waals surface area contributed by atoms with E-state index in [1.165, 1.54) is 0 Å². The van der Waals surface area contributed by atoms with E-state index in [2.05, 4.69) is 19.1 Å². The maximum Gasteiger partial charge on any atom is 0.0852 e. The van der Waals surface area contributed by atoms with Gasteiger partial charge in [0.2, 0.25) is 0 Å². The lowest BCUT2D eigenvalue weighted by atomic mass is 9.82. The van der Waals surface area contributed by atoms with Crippen LogP contribution in [0.2, 0.25) is 0 Å². The van der Waals surface area contributed by atoms with E-state index in [1.54, 1.807) is 0 Å². The fourth-order valence-electron chi connectivity index (χ4n) is 2.26. The molecule has 0 saturated heterocycles. The summed E-state index contributed by atoms with van der Waals surface area (Å²) in [7, 11) is 0. The van der Waals surface area contributed by atoms with Gasteiger partial charge in [0.05, 0.1) is 6.10 Å². The van der Waals surface area contributed by atoms with Crippen molar-refractivity contribution in [3.05, 3.63) is 48.0 Å². The molecule has 1 aromatic carbocycles. The SMILES string of the molecule is C[C@@H]1CC=C[C@H]([C@@H](O)c2ccccc2)C1. The Hall–Kier alpha value is -1.08. The molecule has 1 N–H and O–H groups in total. The van der Waals surface area contributed by atoms with Crippen molar-refractivity contribution in [3.8, 4) is 0 Å². The van der Waals surface area contributed by atoms with Gasteiger partial charge in [-0.15, -0.1) is 0 Å². The molecule has 1 heteroatoms. The Morgan fingerprint density at radius 2 is 2.00 bits per heavy atom. The number of hydrogen-bond donors (Lipinski definition) is 1. The van der Waals surface area contributed by atoms with Crippen molar-refractivity contribution in [3.63, 3.8) is 0 Å². The summed E-state index contributed by atoms with van der Waals surface area (Å²) in [6, 6.07) is 9.94. The Kier molecular flexibility index (Phi) is 3.22. The predicted octanol–water partition coefficient (Wildman–Crippen LogP) is 3.32. The second-order valence-corrected chi connectivity index (χ2v) is 4.52. The van der Waals surface area contributed by atoms with E-state index in [-0.39, 0.29) is 12.0 Å². The Morgan fingerprint density at radius 1 is 1.27 bits per heavy atom. The van der Waals surface area contributed by atoms with Crippen molar-refractivity contribution in [2.45, 2.75) is 25.9 Å². The van der Waals surface area contributed by atoms with E-state index in [0.717, 1.165) is 18.4 Å². The Labute approximate surface area is 91.4 Å². The molecule has 0 amide bonds. The molecule has 1 aromatic rings. The van der Waals surface area contributed by atoms with Gasteiger partial charge >= 0.3 is 0 Å². The van der Waals surface area contributed by atoms with E-state index in [4.69, 9.17) is 0 Å². The number of rotatable bonds is 2. The van der Waals surface area contributed by atoms with Crippen molar-refractivity contribution >= 4 is 0 Å². The van der Waals surface area contributed by atoms with Crippen LogP contribution in [0.3, 0.4) is 0 Å². The third kappa shape index (κ3) is 2.48. The normalized spacial score (nSPS) is 27.6. The van der Waals surface area contributed by atoms with Gasteiger partial charge < -0.3 is 5.11 Å². The minimum absolute atomic E-state index is 0.288. The first-order chi connectivity index (χ1) is 7.27. The van der Waals surface area contributed by atoms with Gasteiger partial charge in [-0.05, 0) is 24.3 Å². The minimum atomic E-state index is -0.342. The first kappa shape index (κ1) is 10.4. The standard InChI is InChI=1S/C14H18O/c1-11-6-5-9-13(10-11)14(15)12-7-3-2-4-8-12/h2-5,7-9,11,13-15H,6,10H2,1H3/t11-,13+,14+/m1/s1. The first-order valence-corrected chi connectivity index (χ1v) is 5.67. The highest BCUT2D eigenvalue weighted by molar-refractivity contribution is 5.19. The Morgan fingerprint density at radius 3 is 2.67 bits per heavy atom. The van der Waals surface area contributed by atoms with Gasteiger partial charge in [-0.25, -0.2) is 0 Å². The summed E-state index contributed by atoms with van der Waals surface area (Å²) < 4.78 is 0. The summed E-state index contributed by atoms with van der Waals surface area (Å²) in [6.45, 7) is 2.24.